The lowest BCUT2D eigenvalue weighted by molar-refractivity contribution is -0.145. The Balaban J connectivity index is 1.69. The molecule has 6 nitrogen and oxygen atoms in total. The summed E-state index contributed by atoms with van der Waals surface area (Å²) < 4.78 is 26.3. The van der Waals surface area contributed by atoms with Crippen molar-refractivity contribution < 1.29 is 28.3 Å². The first kappa shape index (κ1) is 18.8. The number of benzene rings is 1. The number of aliphatic carboxylic acids is 1. The Morgan fingerprint density at radius 3 is 2.48 bits per heavy atom. The number of nitrogens with zero attached hydrogens (tertiary/aromatic N) is 1. The predicted molar refractivity (Wildman–Crippen MR) is 84.9 cm³/mol. The van der Waals surface area contributed by atoms with Crippen LogP contribution in [0, 0.1) is 17.6 Å². The normalized spacial score (nSPS) is 15.0. The fourth-order valence-electron chi connectivity index (χ4n) is 2.74. The van der Waals surface area contributed by atoms with Crippen molar-refractivity contribution in [3.05, 3.63) is 35.4 Å². The van der Waals surface area contributed by atoms with E-state index in [2.05, 4.69) is 5.32 Å². The minimum absolute atomic E-state index is 0.0916. The molecular weight excluding hydrogens is 334 g/mol. The minimum Gasteiger partial charge on any atom is -0.481 e. The van der Waals surface area contributed by atoms with Crippen LogP contribution in [0.25, 0.3) is 0 Å². The minimum atomic E-state index is -0.935. The SMILES string of the molecule is O=C(NCCCC(=O)N1CCC(C(=O)O)CC1)c1ccc(F)cc1F. The number of hydrogen-bond donors (Lipinski definition) is 2. The molecule has 1 fully saturated rings. The van der Waals surface area contributed by atoms with Crippen LogP contribution in [0.15, 0.2) is 18.2 Å². The van der Waals surface area contributed by atoms with E-state index in [-0.39, 0.29) is 24.4 Å². The highest BCUT2D eigenvalue weighted by atomic mass is 19.1. The van der Waals surface area contributed by atoms with Gasteiger partial charge in [-0.1, -0.05) is 0 Å². The number of likely N-dealkylation sites (tertiary alicyclic amines) is 1. The van der Waals surface area contributed by atoms with E-state index < -0.39 is 29.4 Å². The van der Waals surface area contributed by atoms with Crippen molar-refractivity contribution >= 4 is 17.8 Å². The fourth-order valence-corrected chi connectivity index (χ4v) is 2.74. The second kappa shape index (κ2) is 8.55. The number of carboxylic acid groups (broad SMARTS) is 1. The van der Waals surface area contributed by atoms with E-state index in [4.69, 9.17) is 5.11 Å². The van der Waals surface area contributed by atoms with Crippen molar-refractivity contribution in [2.24, 2.45) is 5.92 Å². The second-order valence-corrected chi connectivity index (χ2v) is 5.98. The van der Waals surface area contributed by atoms with Gasteiger partial charge in [0.1, 0.15) is 11.6 Å². The summed E-state index contributed by atoms with van der Waals surface area (Å²) >= 11 is 0. The number of hydrogen-bond acceptors (Lipinski definition) is 3. The second-order valence-electron chi connectivity index (χ2n) is 5.98. The molecule has 0 spiro atoms. The molecule has 0 aliphatic carbocycles. The smallest absolute Gasteiger partial charge is 0.306 e. The number of piperidine rings is 1. The van der Waals surface area contributed by atoms with E-state index in [1.165, 1.54) is 0 Å². The van der Waals surface area contributed by atoms with Crippen molar-refractivity contribution in [1.82, 2.24) is 10.2 Å². The van der Waals surface area contributed by atoms with Crippen molar-refractivity contribution in [2.45, 2.75) is 25.7 Å². The number of amides is 2. The molecule has 136 valence electrons. The van der Waals surface area contributed by atoms with Crippen molar-refractivity contribution in [3.8, 4) is 0 Å². The Bertz CT molecular complexity index is 658. The summed E-state index contributed by atoms with van der Waals surface area (Å²) in [7, 11) is 0. The maximum Gasteiger partial charge on any atom is 0.306 e. The lowest BCUT2D eigenvalue weighted by atomic mass is 9.97. The van der Waals surface area contributed by atoms with Gasteiger partial charge in [-0.15, -0.1) is 0 Å². The van der Waals surface area contributed by atoms with Crippen LogP contribution in [0.1, 0.15) is 36.0 Å². The van der Waals surface area contributed by atoms with E-state index in [1.807, 2.05) is 0 Å². The van der Waals surface area contributed by atoms with Crippen molar-refractivity contribution in [2.75, 3.05) is 19.6 Å². The summed E-state index contributed by atoms with van der Waals surface area (Å²) in [6.07, 6.45) is 1.49. The first-order chi connectivity index (χ1) is 11.9. The van der Waals surface area contributed by atoms with E-state index in [1.54, 1.807) is 4.90 Å². The summed E-state index contributed by atoms with van der Waals surface area (Å²) in [4.78, 5) is 36.3. The summed E-state index contributed by atoms with van der Waals surface area (Å²) in [6, 6.07) is 2.71. The van der Waals surface area contributed by atoms with Gasteiger partial charge >= 0.3 is 5.97 Å². The van der Waals surface area contributed by atoms with Crippen LogP contribution in [0.5, 0.6) is 0 Å². The highest BCUT2D eigenvalue weighted by Crippen LogP contribution is 2.18. The Morgan fingerprint density at radius 1 is 1.20 bits per heavy atom. The molecule has 1 saturated heterocycles. The molecule has 0 unspecified atom stereocenters. The van der Waals surface area contributed by atoms with Gasteiger partial charge in [-0.25, -0.2) is 8.78 Å². The van der Waals surface area contributed by atoms with Gasteiger partial charge in [-0.2, -0.15) is 0 Å². The molecule has 2 amide bonds. The van der Waals surface area contributed by atoms with Gasteiger partial charge in [-0.05, 0) is 31.4 Å². The summed E-state index contributed by atoms with van der Waals surface area (Å²) in [5, 5.41) is 11.4. The number of rotatable bonds is 6. The van der Waals surface area contributed by atoms with E-state index in [0.29, 0.717) is 38.4 Å². The van der Waals surface area contributed by atoms with Crippen LogP contribution < -0.4 is 5.32 Å². The fraction of sp³-hybridized carbons (Fsp3) is 0.471. The molecular formula is C17H20F2N2O4. The Kier molecular flexibility index (Phi) is 6.44. The third kappa shape index (κ3) is 5.23. The first-order valence-corrected chi connectivity index (χ1v) is 8.12. The van der Waals surface area contributed by atoms with Gasteiger partial charge in [-0.3, -0.25) is 14.4 Å². The van der Waals surface area contributed by atoms with Gasteiger partial charge in [0.05, 0.1) is 11.5 Å². The van der Waals surface area contributed by atoms with Crippen LogP contribution in [0.2, 0.25) is 0 Å². The summed E-state index contributed by atoms with van der Waals surface area (Å²) in [5.74, 6) is -3.67. The molecule has 1 aliphatic heterocycles. The van der Waals surface area contributed by atoms with Crippen LogP contribution >= 0.6 is 0 Å². The number of carbonyl (C=O) groups excluding carboxylic acids is 2. The van der Waals surface area contributed by atoms with Gasteiger partial charge in [0.15, 0.2) is 0 Å². The Morgan fingerprint density at radius 2 is 1.88 bits per heavy atom. The van der Waals surface area contributed by atoms with E-state index >= 15 is 0 Å². The molecule has 8 heteroatoms. The molecule has 1 aromatic rings. The average molecular weight is 354 g/mol. The maximum absolute atomic E-state index is 13.5. The maximum atomic E-state index is 13.5. The lowest BCUT2D eigenvalue weighted by Gasteiger charge is -2.30. The van der Waals surface area contributed by atoms with Gasteiger partial charge in [0.2, 0.25) is 5.91 Å². The molecule has 2 N–H and O–H groups in total. The zero-order valence-electron chi connectivity index (χ0n) is 13.6. The zero-order valence-corrected chi connectivity index (χ0v) is 13.6. The van der Waals surface area contributed by atoms with Crippen molar-refractivity contribution in [3.63, 3.8) is 0 Å². The molecule has 25 heavy (non-hydrogen) atoms. The lowest BCUT2D eigenvalue weighted by Crippen LogP contribution is -2.40. The van der Waals surface area contributed by atoms with Crippen LogP contribution in [0.4, 0.5) is 8.78 Å². The molecule has 0 radical (unpaired) electrons. The first-order valence-electron chi connectivity index (χ1n) is 8.12. The number of nitrogens with one attached hydrogen (secondary N) is 1. The molecule has 0 bridgehead atoms. The summed E-state index contributed by atoms with van der Waals surface area (Å²) in [6.45, 7) is 1.03. The van der Waals surface area contributed by atoms with E-state index in [0.717, 1.165) is 12.1 Å². The Labute approximate surface area is 143 Å². The molecule has 1 aliphatic rings. The van der Waals surface area contributed by atoms with Crippen LogP contribution in [0.3, 0.4) is 0 Å². The largest absolute Gasteiger partial charge is 0.481 e. The number of carbonyl (C=O) groups is 3. The third-order valence-corrected chi connectivity index (χ3v) is 4.23. The van der Waals surface area contributed by atoms with Crippen LogP contribution in [-0.2, 0) is 9.59 Å². The highest BCUT2D eigenvalue weighted by Gasteiger charge is 2.26. The van der Waals surface area contributed by atoms with Crippen LogP contribution in [-0.4, -0.2) is 47.4 Å². The van der Waals surface area contributed by atoms with Gasteiger partial charge in [0, 0.05) is 32.1 Å². The predicted octanol–water partition coefficient (Wildman–Crippen LogP) is 1.80. The van der Waals surface area contributed by atoms with Gasteiger partial charge < -0.3 is 15.3 Å². The topological polar surface area (TPSA) is 86.7 Å². The third-order valence-electron chi connectivity index (χ3n) is 4.23. The molecule has 0 saturated carbocycles. The molecule has 0 atom stereocenters. The average Bonchev–Trinajstić information content (AvgIpc) is 2.58. The zero-order chi connectivity index (χ0) is 18.4. The molecule has 2 rings (SSSR count). The standard InChI is InChI=1S/C17H20F2N2O4/c18-12-3-4-13(14(19)10-12)16(23)20-7-1-2-15(22)21-8-5-11(6-9-21)17(24)25/h3-4,10-11H,1-2,5-9H2,(H,20,23)(H,24,25). The summed E-state index contributed by atoms with van der Waals surface area (Å²) in [5.41, 5.74) is -0.247. The van der Waals surface area contributed by atoms with Crippen molar-refractivity contribution in [1.29, 1.82) is 0 Å². The van der Waals surface area contributed by atoms with Gasteiger partial charge in [0.25, 0.3) is 5.91 Å². The molecule has 1 heterocycles. The molecule has 1 aromatic carbocycles. The highest BCUT2D eigenvalue weighted by molar-refractivity contribution is 5.94. The number of carboxylic acids is 1. The monoisotopic (exact) mass is 354 g/mol. The molecule has 0 aromatic heterocycles. The Hall–Kier alpha value is -2.51. The van der Waals surface area contributed by atoms with E-state index in [9.17, 15) is 23.2 Å². The quantitative estimate of drug-likeness (QED) is 0.763. The number of halogens is 2.